The van der Waals surface area contributed by atoms with Crippen LogP contribution in [0.4, 0.5) is 13.2 Å². The lowest BCUT2D eigenvalue weighted by Crippen LogP contribution is -2.37. The van der Waals surface area contributed by atoms with E-state index in [0.29, 0.717) is 6.54 Å². The van der Waals surface area contributed by atoms with Crippen LogP contribution in [-0.4, -0.2) is 30.5 Å². The summed E-state index contributed by atoms with van der Waals surface area (Å²) in [6.07, 6.45) is -4.78. The Bertz CT molecular complexity index is 147. The number of halogens is 3. The van der Waals surface area contributed by atoms with Crippen LogP contribution < -0.4 is 5.32 Å². The van der Waals surface area contributed by atoms with Crippen molar-refractivity contribution in [1.29, 1.82) is 0 Å². The highest BCUT2D eigenvalue weighted by molar-refractivity contribution is 4.69. The van der Waals surface area contributed by atoms with E-state index in [-0.39, 0.29) is 25.0 Å². The van der Waals surface area contributed by atoms with E-state index in [1.54, 1.807) is 0 Å². The fourth-order valence-electron chi connectivity index (χ4n) is 1.09. The second kappa shape index (κ2) is 6.24. The summed E-state index contributed by atoms with van der Waals surface area (Å²) in [5.41, 5.74) is 0. The van der Waals surface area contributed by atoms with Crippen LogP contribution >= 0.6 is 0 Å². The molecule has 0 aliphatic carbocycles. The van der Waals surface area contributed by atoms with E-state index in [9.17, 15) is 13.2 Å². The topological polar surface area (TPSA) is 32.3 Å². The molecule has 2 nitrogen and oxygen atoms in total. The van der Waals surface area contributed by atoms with E-state index < -0.39 is 12.6 Å². The van der Waals surface area contributed by atoms with E-state index in [0.717, 1.165) is 0 Å². The van der Waals surface area contributed by atoms with Gasteiger partial charge in [-0.2, -0.15) is 13.2 Å². The minimum Gasteiger partial charge on any atom is -0.395 e. The molecular weight excluding hydrogens is 195 g/mol. The Kier molecular flexibility index (Phi) is 6.11. The maximum absolute atomic E-state index is 11.7. The summed E-state index contributed by atoms with van der Waals surface area (Å²) in [5, 5.41) is 11.8. The Labute approximate surface area is 82.5 Å². The number of hydrogen-bond acceptors (Lipinski definition) is 2. The Balaban J connectivity index is 3.52. The van der Waals surface area contributed by atoms with Crippen molar-refractivity contribution in [2.75, 3.05) is 13.2 Å². The Hall–Kier alpha value is -0.290. The summed E-state index contributed by atoms with van der Waals surface area (Å²) in [6, 6.07) is -0.108. The third-order valence-corrected chi connectivity index (χ3v) is 2.04. The van der Waals surface area contributed by atoms with Crippen molar-refractivity contribution in [1.82, 2.24) is 5.32 Å². The van der Waals surface area contributed by atoms with Gasteiger partial charge >= 0.3 is 6.18 Å². The fraction of sp³-hybridized carbons (Fsp3) is 1.00. The van der Waals surface area contributed by atoms with E-state index in [1.807, 2.05) is 13.8 Å². The Morgan fingerprint density at radius 2 is 1.86 bits per heavy atom. The molecule has 0 aliphatic rings. The number of rotatable bonds is 6. The predicted molar refractivity (Wildman–Crippen MR) is 49.0 cm³/mol. The average Bonchev–Trinajstić information content (AvgIpc) is 2.01. The van der Waals surface area contributed by atoms with Crippen LogP contribution in [0.15, 0.2) is 0 Å². The van der Waals surface area contributed by atoms with Gasteiger partial charge in [-0.15, -0.1) is 0 Å². The summed E-state index contributed by atoms with van der Waals surface area (Å²) in [7, 11) is 0. The van der Waals surface area contributed by atoms with Crippen LogP contribution in [0.1, 0.15) is 26.7 Å². The largest absolute Gasteiger partial charge is 0.395 e. The molecule has 0 saturated carbocycles. The molecule has 0 fully saturated rings. The zero-order valence-corrected chi connectivity index (χ0v) is 8.56. The standard InChI is InChI=1S/C9H18F3NO/c1-7(2)8(6-14)13-5-3-4-9(10,11)12/h7-8,13-14H,3-6H2,1-2H3/t8-/m1/s1. The van der Waals surface area contributed by atoms with E-state index in [4.69, 9.17) is 5.11 Å². The molecular formula is C9H18F3NO. The molecule has 0 rings (SSSR count). The van der Waals surface area contributed by atoms with Gasteiger partial charge in [-0.1, -0.05) is 13.8 Å². The predicted octanol–water partition coefficient (Wildman–Crippen LogP) is 1.94. The van der Waals surface area contributed by atoms with E-state index in [2.05, 4.69) is 5.32 Å². The van der Waals surface area contributed by atoms with Gasteiger partial charge in [-0.05, 0) is 18.9 Å². The Morgan fingerprint density at radius 1 is 1.29 bits per heavy atom. The quantitative estimate of drug-likeness (QED) is 0.661. The van der Waals surface area contributed by atoms with Gasteiger partial charge in [0.15, 0.2) is 0 Å². The molecule has 0 amide bonds. The van der Waals surface area contributed by atoms with Gasteiger partial charge in [-0.25, -0.2) is 0 Å². The summed E-state index contributed by atoms with van der Waals surface area (Å²) in [4.78, 5) is 0. The minimum absolute atomic E-state index is 0.0380. The molecule has 1 atom stereocenters. The normalized spacial score (nSPS) is 14.8. The fourth-order valence-corrected chi connectivity index (χ4v) is 1.09. The molecule has 0 aromatic carbocycles. The molecule has 5 heteroatoms. The highest BCUT2D eigenvalue weighted by Gasteiger charge is 2.26. The van der Waals surface area contributed by atoms with Crippen LogP contribution in [0.2, 0.25) is 0 Å². The monoisotopic (exact) mass is 213 g/mol. The zero-order chi connectivity index (χ0) is 11.2. The van der Waals surface area contributed by atoms with Crippen molar-refractivity contribution < 1.29 is 18.3 Å². The molecule has 0 heterocycles. The molecule has 0 spiro atoms. The SMILES string of the molecule is CC(C)[C@@H](CO)NCCCC(F)(F)F. The van der Waals surface area contributed by atoms with Crippen LogP contribution in [0.5, 0.6) is 0 Å². The average molecular weight is 213 g/mol. The third-order valence-electron chi connectivity index (χ3n) is 2.04. The van der Waals surface area contributed by atoms with Crippen LogP contribution in [0.25, 0.3) is 0 Å². The number of aliphatic hydroxyl groups is 1. The van der Waals surface area contributed by atoms with Gasteiger partial charge in [0, 0.05) is 12.5 Å². The van der Waals surface area contributed by atoms with Crippen molar-refractivity contribution in [3.63, 3.8) is 0 Å². The van der Waals surface area contributed by atoms with Gasteiger partial charge in [0.05, 0.1) is 6.61 Å². The van der Waals surface area contributed by atoms with Crippen molar-refractivity contribution in [3.05, 3.63) is 0 Å². The highest BCUT2D eigenvalue weighted by Crippen LogP contribution is 2.20. The first-order chi connectivity index (χ1) is 6.37. The number of aliphatic hydroxyl groups excluding tert-OH is 1. The Morgan fingerprint density at radius 3 is 2.21 bits per heavy atom. The lowest BCUT2D eigenvalue weighted by molar-refractivity contribution is -0.135. The van der Waals surface area contributed by atoms with E-state index >= 15 is 0 Å². The summed E-state index contributed by atoms with van der Waals surface area (Å²) < 4.78 is 35.2. The molecule has 86 valence electrons. The first kappa shape index (κ1) is 13.7. The van der Waals surface area contributed by atoms with Crippen LogP contribution in [0, 0.1) is 5.92 Å². The highest BCUT2D eigenvalue weighted by atomic mass is 19.4. The molecule has 0 unspecified atom stereocenters. The third kappa shape index (κ3) is 7.15. The molecule has 0 bridgehead atoms. The van der Waals surface area contributed by atoms with Gasteiger partial charge in [-0.3, -0.25) is 0 Å². The van der Waals surface area contributed by atoms with E-state index in [1.165, 1.54) is 0 Å². The number of hydrogen-bond donors (Lipinski definition) is 2. The van der Waals surface area contributed by atoms with Gasteiger partial charge < -0.3 is 10.4 Å². The molecule has 0 radical (unpaired) electrons. The van der Waals surface area contributed by atoms with Gasteiger partial charge in [0.1, 0.15) is 0 Å². The molecule has 0 saturated heterocycles. The van der Waals surface area contributed by atoms with Crippen molar-refractivity contribution in [2.24, 2.45) is 5.92 Å². The van der Waals surface area contributed by atoms with Crippen molar-refractivity contribution in [2.45, 2.75) is 38.9 Å². The minimum atomic E-state index is -4.08. The lowest BCUT2D eigenvalue weighted by Gasteiger charge is -2.19. The molecule has 0 aromatic rings. The molecule has 14 heavy (non-hydrogen) atoms. The maximum Gasteiger partial charge on any atom is 0.389 e. The van der Waals surface area contributed by atoms with Crippen molar-refractivity contribution in [3.8, 4) is 0 Å². The second-order valence-corrected chi connectivity index (χ2v) is 3.71. The smallest absolute Gasteiger partial charge is 0.389 e. The zero-order valence-electron chi connectivity index (χ0n) is 8.56. The maximum atomic E-state index is 11.7. The van der Waals surface area contributed by atoms with Crippen molar-refractivity contribution >= 4 is 0 Å². The number of alkyl halides is 3. The van der Waals surface area contributed by atoms with Crippen LogP contribution in [-0.2, 0) is 0 Å². The van der Waals surface area contributed by atoms with Crippen LogP contribution in [0.3, 0.4) is 0 Å². The van der Waals surface area contributed by atoms with Gasteiger partial charge in [0.25, 0.3) is 0 Å². The molecule has 0 aromatic heterocycles. The second-order valence-electron chi connectivity index (χ2n) is 3.71. The first-order valence-electron chi connectivity index (χ1n) is 4.78. The summed E-state index contributed by atoms with van der Waals surface area (Å²) in [6.45, 7) is 4.09. The summed E-state index contributed by atoms with van der Waals surface area (Å²) in [5.74, 6) is 0.228. The molecule has 2 N–H and O–H groups in total. The molecule has 0 aliphatic heterocycles. The lowest BCUT2D eigenvalue weighted by atomic mass is 10.1. The first-order valence-corrected chi connectivity index (χ1v) is 4.78. The van der Waals surface area contributed by atoms with Gasteiger partial charge in [0.2, 0.25) is 0 Å². The summed E-state index contributed by atoms with van der Waals surface area (Å²) >= 11 is 0. The number of nitrogens with one attached hydrogen (secondary N) is 1.